The van der Waals surface area contributed by atoms with Crippen LogP contribution < -0.4 is 5.73 Å². The van der Waals surface area contributed by atoms with Gasteiger partial charge in [0.25, 0.3) is 10.1 Å². The van der Waals surface area contributed by atoms with E-state index in [-0.39, 0.29) is 4.90 Å². The summed E-state index contributed by atoms with van der Waals surface area (Å²) in [6.07, 6.45) is 1.06. The molecule has 1 amide bonds. The van der Waals surface area contributed by atoms with E-state index in [1.165, 1.54) is 12.1 Å². The lowest BCUT2D eigenvalue weighted by Crippen LogP contribution is -2.04. The van der Waals surface area contributed by atoms with E-state index in [1.807, 2.05) is 0 Å². The van der Waals surface area contributed by atoms with Crippen LogP contribution in [-0.2, 0) is 19.1 Å². The van der Waals surface area contributed by atoms with Gasteiger partial charge in [-0.15, -0.1) is 0 Å². The van der Waals surface area contributed by atoms with E-state index in [0.29, 0.717) is 0 Å². The quantitative estimate of drug-likeness (QED) is 0.624. The minimum absolute atomic E-state index is 0.183. The average molecular weight is 243 g/mol. The molecule has 0 saturated heterocycles. The molecular weight excluding hydrogens is 230 g/mol. The molecule has 0 aliphatic heterocycles. The molecule has 0 aromatic heterocycles. The van der Waals surface area contributed by atoms with Gasteiger partial charge in [-0.2, -0.15) is 8.42 Å². The van der Waals surface area contributed by atoms with Gasteiger partial charge in [-0.05, 0) is 18.2 Å². The molecule has 1 aromatic rings. The number of carbonyl (C=O) groups excluding carboxylic acids is 1. The Hall–Kier alpha value is -1.66. The zero-order valence-corrected chi connectivity index (χ0v) is 9.61. The van der Waals surface area contributed by atoms with Crippen molar-refractivity contribution in [2.24, 2.45) is 5.73 Å². The van der Waals surface area contributed by atoms with E-state index in [2.05, 4.69) is 16.5 Å². The van der Waals surface area contributed by atoms with Crippen LogP contribution in [0.1, 0.15) is 0 Å². The van der Waals surface area contributed by atoms with Crippen LogP contribution in [0.5, 0.6) is 0 Å². The number of hydrogen-bond acceptors (Lipinski definition) is 4. The maximum absolute atomic E-state index is 11.0. The fourth-order valence-electron chi connectivity index (χ4n) is 0.683. The lowest BCUT2D eigenvalue weighted by Gasteiger charge is -1.98. The molecule has 88 valence electrons. The summed E-state index contributed by atoms with van der Waals surface area (Å²) in [5, 5.41) is 0. The van der Waals surface area contributed by atoms with Crippen LogP contribution in [0.2, 0.25) is 0 Å². The molecule has 0 radical (unpaired) electrons. The smallest absolute Gasteiger partial charge is 0.296 e. The Labute approximate surface area is 94.7 Å². The highest BCUT2D eigenvalue weighted by Gasteiger charge is 2.10. The molecule has 0 atom stereocenters. The number of amides is 1. The summed E-state index contributed by atoms with van der Waals surface area (Å²) >= 11 is 0. The van der Waals surface area contributed by atoms with Crippen molar-refractivity contribution in [1.82, 2.24) is 0 Å². The van der Waals surface area contributed by atoms with Crippen molar-refractivity contribution in [2.45, 2.75) is 4.90 Å². The molecule has 1 aromatic carbocycles. The molecule has 0 saturated carbocycles. The lowest BCUT2D eigenvalue weighted by molar-refractivity contribution is -0.113. The van der Waals surface area contributed by atoms with E-state index in [9.17, 15) is 13.2 Å². The molecule has 0 bridgehead atoms. The molecule has 0 heterocycles. The van der Waals surface area contributed by atoms with Gasteiger partial charge in [0.15, 0.2) is 0 Å². The van der Waals surface area contributed by atoms with Gasteiger partial charge in [0.1, 0.15) is 0 Å². The first-order valence-electron chi connectivity index (χ1n) is 4.21. The fourth-order valence-corrected chi connectivity index (χ4v) is 1.37. The number of rotatable bonds is 3. The summed E-state index contributed by atoms with van der Waals surface area (Å²) in [6, 6.07) is 8.00. The summed E-state index contributed by atoms with van der Waals surface area (Å²) in [7, 11) is -2.36. The van der Waals surface area contributed by atoms with E-state index in [0.717, 1.165) is 13.2 Å². The highest BCUT2D eigenvalue weighted by atomic mass is 32.2. The van der Waals surface area contributed by atoms with E-state index in [1.54, 1.807) is 18.2 Å². The number of benzene rings is 1. The third kappa shape index (κ3) is 5.28. The second kappa shape index (κ2) is 6.76. The monoisotopic (exact) mass is 243 g/mol. The summed E-state index contributed by atoms with van der Waals surface area (Å²) in [4.78, 5) is 9.66. The molecule has 0 aliphatic carbocycles. The summed E-state index contributed by atoms with van der Waals surface area (Å²) in [5.74, 6) is -0.481. The standard InChI is InChI=1S/C7H8O3S.C3H5NO/c1-10-11(8,9)7-5-3-2-4-6-7;1-2-3(4)5/h2-6H,1H3;2H,1H2,(H2,4,5). The zero-order valence-electron chi connectivity index (χ0n) is 8.79. The van der Waals surface area contributed by atoms with Crippen molar-refractivity contribution in [3.63, 3.8) is 0 Å². The lowest BCUT2D eigenvalue weighted by atomic mass is 10.4. The molecule has 2 N–H and O–H groups in total. The van der Waals surface area contributed by atoms with Gasteiger partial charge in [0.2, 0.25) is 5.91 Å². The zero-order chi connectivity index (χ0) is 12.6. The van der Waals surface area contributed by atoms with E-state index >= 15 is 0 Å². The Morgan fingerprint density at radius 2 is 1.81 bits per heavy atom. The maximum Gasteiger partial charge on any atom is 0.296 e. The van der Waals surface area contributed by atoms with E-state index in [4.69, 9.17) is 0 Å². The van der Waals surface area contributed by atoms with Crippen LogP contribution in [-0.4, -0.2) is 21.4 Å². The normalized spacial score (nSPS) is 9.81. The van der Waals surface area contributed by atoms with Gasteiger partial charge >= 0.3 is 0 Å². The van der Waals surface area contributed by atoms with Gasteiger partial charge in [-0.3, -0.25) is 8.98 Å². The first-order valence-corrected chi connectivity index (χ1v) is 5.62. The molecule has 6 heteroatoms. The molecule has 0 fully saturated rings. The Morgan fingerprint density at radius 3 is 2.12 bits per heavy atom. The third-order valence-electron chi connectivity index (χ3n) is 1.45. The van der Waals surface area contributed by atoms with Crippen molar-refractivity contribution in [3.8, 4) is 0 Å². The number of nitrogens with two attached hydrogens (primary N) is 1. The number of hydrogen-bond donors (Lipinski definition) is 1. The van der Waals surface area contributed by atoms with Crippen molar-refractivity contribution < 1.29 is 17.4 Å². The molecule has 1 rings (SSSR count). The maximum atomic E-state index is 11.0. The SMILES string of the molecule is C=CC(N)=O.COS(=O)(=O)c1ccccc1. The Bertz CT molecular complexity index is 439. The van der Waals surface area contributed by atoms with Crippen molar-refractivity contribution >= 4 is 16.0 Å². The second-order valence-electron chi connectivity index (χ2n) is 2.54. The van der Waals surface area contributed by atoms with Crippen molar-refractivity contribution in [3.05, 3.63) is 43.0 Å². The van der Waals surface area contributed by atoms with Crippen LogP contribution in [0.4, 0.5) is 0 Å². The van der Waals surface area contributed by atoms with Gasteiger partial charge in [0, 0.05) is 0 Å². The van der Waals surface area contributed by atoms with Gasteiger partial charge in [-0.1, -0.05) is 24.8 Å². The first-order chi connectivity index (χ1) is 7.44. The van der Waals surface area contributed by atoms with Crippen LogP contribution >= 0.6 is 0 Å². The Kier molecular flexibility index (Phi) is 6.06. The van der Waals surface area contributed by atoms with Crippen LogP contribution in [0, 0.1) is 0 Å². The summed E-state index contributed by atoms with van der Waals surface area (Å²) in [5.41, 5.74) is 4.53. The van der Waals surface area contributed by atoms with Gasteiger partial charge < -0.3 is 5.73 Å². The highest BCUT2D eigenvalue weighted by molar-refractivity contribution is 7.86. The van der Waals surface area contributed by atoms with E-state index < -0.39 is 16.0 Å². The summed E-state index contributed by atoms with van der Waals surface area (Å²) < 4.78 is 26.3. The molecule has 0 unspecified atom stereocenters. The minimum Gasteiger partial charge on any atom is -0.366 e. The van der Waals surface area contributed by atoms with Crippen molar-refractivity contribution in [1.29, 1.82) is 0 Å². The van der Waals surface area contributed by atoms with Crippen molar-refractivity contribution in [2.75, 3.05) is 7.11 Å². The minimum atomic E-state index is -3.50. The Balaban J connectivity index is 0.000000385. The van der Waals surface area contributed by atoms with Gasteiger partial charge in [-0.25, -0.2) is 0 Å². The topological polar surface area (TPSA) is 86.5 Å². The first kappa shape index (κ1) is 14.3. The summed E-state index contributed by atoms with van der Waals surface area (Å²) in [6.45, 7) is 3.09. The third-order valence-corrected chi connectivity index (χ3v) is 2.74. The Morgan fingerprint density at radius 1 is 1.38 bits per heavy atom. The fraction of sp³-hybridized carbons (Fsp3) is 0.100. The largest absolute Gasteiger partial charge is 0.366 e. The molecule has 0 aliphatic rings. The highest BCUT2D eigenvalue weighted by Crippen LogP contribution is 2.09. The predicted octanol–water partition coefficient (Wildman–Crippen LogP) is 0.679. The predicted molar refractivity (Wildman–Crippen MR) is 60.0 cm³/mol. The average Bonchev–Trinajstić information content (AvgIpc) is 2.31. The van der Waals surface area contributed by atoms with Crippen LogP contribution in [0.15, 0.2) is 47.9 Å². The van der Waals surface area contributed by atoms with Crippen LogP contribution in [0.3, 0.4) is 0 Å². The molecule has 0 spiro atoms. The van der Waals surface area contributed by atoms with Gasteiger partial charge in [0.05, 0.1) is 12.0 Å². The number of carbonyl (C=O) groups is 1. The molecule has 5 nitrogen and oxygen atoms in total. The number of primary amides is 1. The molecular formula is C10H13NO4S. The second-order valence-corrected chi connectivity index (χ2v) is 4.25. The van der Waals surface area contributed by atoms with Crippen LogP contribution in [0.25, 0.3) is 0 Å². The molecule has 16 heavy (non-hydrogen) atoms.